The average molecular weight is 166 g/mol. The van der Waals surface area contributed by atoms with Gasteiger partial charge in [-0.25, -0.2) is 0 Å². The number of Topliss-reactive ketones (excluding diaryl/α,β-unsaturated/α-hetero) is 1. The van der Waals surface area contributed by atoms with Crippen LogP contribution >= 0.6 is 0 Å². The van der Waals surface area contributed by atoms with Crippen LogP contribution in [0.2, 0.25) is 0 Å². The Morgan fingerprint density at radius 2 is 2.08 bits per heavy atom. The lowest BCUT2D eigenvalue weighted by molar-refractivity contribution is 0.0899. The molecule has 0 aliphatic rings. The number of ketones is 1. The largest absolute Gasteiger partial charge is 0.472 e. The molecule has 1 heterocycles. The molecule has 0 radical (unpaired) electrons. The van der Waals surface area contributed by atoms with Gasteiger partial charge in [0.1, 0.15) is 6.26 Å². The van der Waals surface area contributed by atoms with Gasteiger partial charge in [0.2, 0.25) is 0 Å². The van der Waals surface area contributed by atoms with Gasteiger partial charge >= 0.3 is 0 Å². The molecule has 0 aromatic carbocycles. The highest BCUT2D eigenvalue weighted by molar-refractivity contribution is 5.97. The highest BCUT2D eigenvalue weighted by Crippen LogP contribution is 2.16. The summed E-state index contributed by atoms with van der Waals surface area (Å²) in [5.41, 5.74) is 0.677. The molecule has 0 fully saturated rings. The van der Waals surface area contributed by atoms with Crippen LogP contribution in [0, 0.1) is 11.8 Å². The summed E-state index contributed by atoms with van der Waals surface area (Å²) in [5.74, 6) is 0.619. The van der Waals surface area contributed by atoms with Crippen molar-refractivity contribution in [3.8, 4) is 0 Å². The van der Waals surface area contributed by atoms with Crippen LogP contribution in [0.15, 0.2) is 23.0 Å². The lowest BCUT2D eigenvalue weighted by atomic mass is 9.91. The topological polar surface area (TPSA) is 30.2 Å². The van der Waals surface area contributed by atoms with Crippen LogP contribution in [0.4, 0.5) is 0 Å². The number of carbonyl (C=O) groups is 1. The molecule has 0 saturated carbocycles. The molecule has 12 heavy (non-hydrogen) atoms. The van der Waals surface area contributed by atoms with Gasteiger partial charge in [-0.1, -0.05) is 20.8 Å². The van der Waals surface area contributed by atoms with Gasteiger partial charge in [-0.3, -0.25) is 4.79 Å². The minimum atomic E-state index is 0.0719. The predicted octanol–water partition coefficient (Wildman–Crippen LogP) is 2.75. The van der Waals surface area contributed by atoms with Gasteiger partial charge in [0, 0.05) is 5.92 Å². The average Bonchev–Trinajstić information content (AvgIpc) is 2.53. The first-order chi connectivity index (χ1) is 5.63. The second-order valence-corrected chi connectivity index (χ2v) is 3.41. The Morgan fingerprint density at radius 3 is 2.50 bits per heavy atom. The van der Waals surface area contributed by atoms with E-state index in [1.807, 2.05) is 20.8 Å². The maximum absolute atomic E-state index is 11.6. The SMILES string of the molecule is CC(C)C(C)C(=O)c1ccoc1. The molecule has 0 spiro atoms. The second-order valence-electron chi connectivity index (χ2n) is 3.41. The van der Waals surface area contributed by atoms with Crippen LogP contribution in [0.5, 0.6) is 0 Å². The van der Waals surface area contributed by atoms with E-state index in [2.05, 4.69) is 0 Å². The first kappa shape index (κ1) is 9.04. The zero-order valence-corrected chi connectivity index (χ0v) is 7.70. The van der Waals surface area contributed by atoms with E-state index in [1.54, 1.807) is 6.07 Å². The summed E-state index contributed by atoms with van der Waals surface area (Å²) in [5, 5.41) is 0. The molecule has 66 valence electrons. The second kappa shape index (κ2) is 3.57. The highest BCUT2D eigenvalue weighted by atomic mass is 16.3. The number of carbonyl (C=O) groups excluding carboxylic acids is 1. The van der Waals surface area contributed by atoms with Gasteiger partial charge in [0.25, 0.3) is 0 Å². The van der Waals surface area contributed by atoms with Crippen molar-refractivity contribution in [2.45, 2.75) is 20.8 Å². The van der Waals surface area contributed by atoms with Crippen molar-refractivity contribution in [3.63, 3.8) is 0 Å². The molecular formula is C10H14O2. The van der Waals surface area contributed by atoms with Gasteiger partial charge in [0.15, 0.2) is 5.78 Å². The van der Waals surface area contributed by atoms with Gasteiger partial charge in [-0.15, -0.1) is 0 Å². The molecule has 1 unspecified atom stereocenters. The van der Waals surface area contributed by atoms with E-state index in [0.29, 0.717) is 11.5 Å². The summed E-state index contributed by atoms with van der Waals surface area (Å²) in [6.45, 7) is 6.03. The molecule has 0 saturated heterocycles. The van der Waals surface area contributed by atoms with Gasteiger partial charge in [-0.2, -0.15) is 0 Å². The molecular weight excluding hydrogens is 152 g/mol. The van der Waals surface area contributed by atoms with E-state index in [1.165, 1.54) is 12.5 Å². The first-order valence-corrected chi connectivity index (χ1v) is 4.19. The summed E-state index contributed by atoms with van der Waals surface area (Å²) in [7, 11) is 0. The molecule has 2 nitrogen and oxygen atoms in total. The number of hydrogen-bond acceptors (Lipinski definition) is 2. The van der Waals surface area contributed by atoms with Crippen molar-refractivity contribution in [1.29, 1.82) is 0 Å². The number of furan rings is 1. The minimum absolute atomic E-state index is 0.0719. The molecule has 1 aromatic rings. The summed E-state index contributed by atoms with van der Waals surface area (Å²) in [6, 6.07) is 1.71. The molecule has 0 N–H and O–H groups in total. The van der Waals surface area contributed by atoms with Crippen molar-refractivity contribution in [2.24, 2.45) is 11.8 Å². The van der Waals surface area contributed by atoms with E-state index in [4.69, 9.17) is 4.42 Å². The summed E-state index contributed by atoms with van der Waals surface area (Å²) in [4.78, 5) is 11.6. The van der Waals surface area contributed by atoms with Crippen LogP contribution in [0.25, 0.3) is 0 Å². The van der Waals surface area contributed by atoms with E-state index < -0.39 is 0 Å². The maximum Gasteiger partial charge on any atom is 0.169 e. The summed E-state index contributed by atoms with van der Waals surface area (Å²) < 4.78 is 4.84. The molecule has 0 bridgehead atoms. The Labute approximate surface area is 72.6 Å². The fourth-order valence-corrected chi connectivity index (χ4v) is 0.970. The monoisotopic (exact) mass is 166 g/mol. The Hall–Kier alpha value is -1.05. The van der Waals surface area contributed by atoms with E-state index in [-0.39, 0.29) is 11.7 Å². The Kier molecular flexibility index (Phi) is 2.69. The Bertz CT molecular complexity index is 247. The molecule has 1 rings (SSSR count). The van der Waals surface area contributed by atoms with Crippen molar-refractivity contribution in [3.05, 3.63) is 24.2 Å². The third-order valence-corrected chi connectivity index (χ3v) is 2.22. The Morgan fingerprint density at radius 1 is 1.42 bits per heavy atom. The minimum Gasteiger partial charge on any atom is -0.472 e. The Balaban J connectivity index is 2.72. The fourth-order valence-electron chi connectivity index (χ4n) is 0.970. The third-order valence-electron chi connectivity index (χ3n) is 2.22. The smallest absolute Gasteiger partial charge is 0.169 e. The zero-order chi connectivity index (χ0) is 9.14. The van der Waals surface area contributed by atoms with E-state index in [9.17, 15) is 4.79 Å². The summed E-state index contributed by atoms with van der Waals surface area (Å²) in [6.07, 6.45) is 3.03. The maximum atomic E-state index is 11.6. The molecule has 0 amide bonds. The normalized spacial score (nSPS) is 13.3. The van der Waals surface area contributed by atoms with Gasteiger partial charge < -0.3 is 4.42 Å². The zero-order valence-electron chi connectivity index (χ0n) is 7.70. The van der Waals surface area contributed by atoms with Crippen LogP contribution < -0.4 is 0 Å². The van der Waals surface area contributed by atoms with E-state index in [0.717, 1.165) is 0 Å². The first-order valence-electron chi connectivity index (χ1n) is 4.19. The van der Waals surface area contributed by atoms with E-state index >= 15 is 0 Å². The molecule has 1 aromatic heterocycles. The van der Waals surface area contributed by atoms with Crippen LogP contribution in [-0.4, -0.2) is 5.78 Å². The highest BCUT2D eigenvalue weighted by Gasteiger charge is 2.18. The standard InChI is InChI=1S/C10H14O2/c1-7(2)8(3)10(11)9-4-5-12-6-9/h4-8H,1-3H3. The van der Waals surface area contributed by atoms with Gasteiger partial charge in [-0.05, 0) is 12.0 Å². The van der Waals surface area contributed by atoms with Gasteiger partial charge in [0.05, 0.1) is 11.8 Å². The van der Waals surface area contributed by atoms with Crippen LogP contribution in [-0.2, 0) is 0 Å². The van der Waals surface area contributed by atoms with Crippen LogP contribution in [0.1, 0.15) is 31.1 Å². The molecule has 0 aliphatic carbocycles. The fraction of sp³-hybridized carbons (Fsp3) is 0.500. The van der Waals surface area contributed by atoms with Crippen molar-refractivity contribution < 1.29 is 9.21 Å². The lowest BCUT2D eigenvalue weighted by Crippen LogP contribution is -2.16. The van der Waals surface area contributed by atoms with Crippen molar-refractivity contribution in [1.82, 2.24) is 0 Å². The third kappa shape index (κ3) is 1.76. The lowest BCUT2D eigenvalue weighted by Gasteiger charge is -2.12. The molecule has 0 aliphatic heterocycles. The summed E-state index contributed by atoms with van der Waals surface area (Å²) >= 11 is 0. The van der Waals surface area contributed by atoms with Crippen LogP contribution in [0.3, 0.4) is 0 Å². The predicted molar refractivity (Wildman–Crippen MR) is 47.0 cm³/mol. The number of hydrogen-bond donors (Lipinski definition) is 0. The number of rotatable bonds is 3. The quantitative estimate of drug-likeness (QED) is 0.646. The van der Waals surface area contributed by atoms with Crippen molar-refractivity contribution in [2.75, 3.05) is 0 Å². The van der Waals surface area contributed by atoms with Crippen molar-refractivity contribution >= 4 is 5.78 Å². The molecule has 1 atom stereocenters. The molecule has 2 heteroatoms.